The standard InChI is InChI=1S/C16H11ClN2O2/c17-10-7-5-9(6-8-10)15-14(20)13-16(21-15)19-12-4-2-1-3-11(12)18-13/h1-8,15,18-19H/t15-/m1/s1. The number of ether oxygens (including phenoxy) is 1. The molecule has 4 nitrogen and oxygen atoms in total. The number of para-hydroxylation sites is 2. The molecule has 0 aliphatic carbocycles. The Bertz CT molecular complexity index is 768. The Hall–Kier alpha value is -2.46. The Morgan fingerprint density at radius 3 is 2.33 bits per heavy atom. The summed E-state index contributed by atoms with van der Waals surface area (Å²) in [5.74, 6) is 0.382. The lowest BCUT2D eigenvalue weighted by Gasteiger charge is -2.19. The molecule has 1 atom stereocenters. The molecular formula is C16H11ClN2O2. The van der Waals surface area contributed by atoms with E-state index in [2.05, 4.69) is 10.6 Å². The van der Waals surface area contributed by atoms with Gasteiger partial charge in [-0.3, -0.25) is 4.79 Å². The van der Waals surface area contributed by atoms with Crippen molar-refractivity contribution in [2.24, 2.45) is 0 Å². The second-order valence-corrected chi connectivity index (χ2v) is 5.35. The maximum Gasteiger partial charge on any atom is 0.229 e. The molecule has 2 aromatic rings. The highest BCUT2D eigenvalue weighted by atomic mass is 35.5. The first-order valence-electron chi connectivity index (χ1n) is 6.56. The number of hydrogen-bond acceptors (Lipinski definition) is 4. The van der Waals surface area contributed by atoms with E-state index in [0.717, 1.165) is 16.9 Å². The molecule has 104 valence electrons. The molecule has 2 heterocycles. The van der Waals surface area contributed by atoms with Crippen molar-refractivity contribution < 1.29 is 9.53 Å². The number of halogens is 1. The number of ketones is 1. The van der Waals surface area contributed by atoms with Crippen molar-refractivity contribution in [1.82, 2.24) is 0 Å². The Morgan fingerprint density at radius 2 is 1.62 bits per heavy atom. The molecule has 2 aliphatic rings. The van der Waals surface area contributed by atoms with E-state index in [9.17, 15) is 4.79 Å². The highest BCUT2D eigenvalue weighted by molar-refractivity contribution is 6.30. The number of fused-ring (bicyclic) bond motifs is 1. The fourth-order valence-corrected chi connectivity index (χ4v) is 2.62. The molecular weight excluding hydrogens is 288 g/mol. The summed E-state index contributed by atoms with van der Waals surface area (Å²) in [5.41, 5.74) is 3.01. The van der Waals surface area contributed by atoms with E-state index >= 15 is 0 Å². The van der Waals surface area contributed by atoms with Gasteiger partial charge in [0.25, 0.3) is 0 Å². The van der Waals surface area contributed by atoms with Crippen molar-refractivity contribution in [3.63, 3.8) is 0 Å². The molecule has 5 heteroatoms. The largest absolute Gasteiger partial charge is 0.461 e. The number of nitrogens with one attached hydrogen (secondary N) is 2. The van der Waals surface area contributed by atoms with E-state index in [-0.39, 0.29) is 5.78 Å². The average molecular weight is 299 g/mol. The monoisotopic (exact) mass is 298 g/mol. The third-order valence-corrected chi connectivity index (χ3v) is 3.81. The summed E-state index contributed by atoms with van der Waals surface area (Å²) in [5, 5.41) is 6.91. The number of Topliss-reactive ketones (excluding diaryl/α,β-unsaturated/α-hetero) is 1. The number of carbonyl (C=O) groups is 1. The van der Waals surface area contributed by atoms with E-state index < -0.39 is 6.10 Å². The number of rotatable bonds is 1. The lowest BCUT2D eigenvalue weighted by atomic mass is 10.0. The summed E-state index contributed by atoms with van der Waals surface area (Å²) in [7, 11) is 0. The fraction of sp³-hybridized carbons (Fsp3) is 0.0625. The molecule has 0 radical (unpaired) electrons. The van der Waals surface area contributed by atoms with Crippen LogP contribution in [0.4, 0.5) is 11.4 Å². The zero-order chi connectivity index (χ0) is 14.4. The van der Waals surface area contributed by atoms with Crippen molar-refractivity contribution in [3.05, 3.63) is 70.7 Å². The van der Waals surface area contributed by atoms with Crippen LogP contribution < -0.4 is 10.6 Å². The second kappa shape index (κ2) is 4.53. The first-order chi connectivity index (χ1) is 10.2. The van der Waals surface area contributed by atoms with E-state index in [1.54, 1.807) is 24.3 Å². The van der Waals surface area contributed by atoms with Gasteiger partial charge >= 0.3 is 0 Å². The predicted molar refractivity (Wildman–Crippen MR) is 81.0 cm³/mol. The number of carbonyl (C=O) groups excluding carboxylic acids is 1. The average Bonchev–Trinajstić information content (AvgIpc) is 2.82. The summed E-state index contributed by atoms with van der Waals surface area (Å²) in [6.07, 6.45) is -0.637. The van der Waals surface area contributed by atoms with Gasteiger partial charge in [-0.15, -0.1) is 0 Å². The topological polar surface area (TPSA) is 50.4 Å². The zero-order valence-electron chi connectivity index (χ0n) is 10.9. The predicted octanol–water partition coefficient (Wildman–Crippen LogP) is 3.69. The molecule has 0 bridgehead atoms. The lowest BCUT2D eigenvalue weighted by Crippen LogP contribution is -2.17. The summed E-state index contributed by atoms with van der Waals surface area (Å²) in [6, 6.07) is 14.8. The van der Waals surface area contributed by atoms with Crippen molar-refractivity contribution in [3.8, 4) is 0 Å². The van der Waals surface area contributed by atoms with E-state index in [1.807, 2.05) is 24.3 Å². The van der Waals surface area contributed by atoms with Gasteiger partial charge < -0.3 is 15.4 Å². The quantitative estimate of drug-likeness (QED) is 0.843. The van der Waals surface area contributed by atoms with Gasteiger partial charge in [0.05, 0.1) is 11.4 Å². The first kappa shape index (κ1) is 12.3. The summed E-state index contributed by atoms with van der Waals surface area (Å²) >= 11 is 5.88. The van der Waals surface area contributed by atoms with E-state index in [4.69, 9.17) is 16.3 Å². The third-order valence-electron chi connectivity index (χ3n) is 3.55. The molecule has 0 fully saturated rings. The molecule has 0 aromatic heterocycles. The van der Waals surface area contributed by atoms with Crippen molar-refractivity contribution in [2.75, 3.05) is 10.6 Å². The normalized spacial score (nSPS) is 19.3. The summed E-state index contributed by atoms with van der Waals surface area (Å²) in [4.78, 5) is 12.5. The van der Waals surface area contributed by atoms with E-state index in [1.165, 1.54) is 0 Å². The van der Waals surface area contributed by atoms with Gasteiger partial charge in [-0.2, -0.15) is 0 Å². The summed E-state index contributed by atoms with van der Waals surface area (Å²) < 4.78 is 5.77. The minimum absolute atomic E-state index is 0.0886. The zero-order valence-corrected chi connectivity index (χ0v) is 11.6. The van der Waals surface area contributed by atoms with Crippen LogP contribution in [0.2, 0.25) is 5.02 Å². The number of anilines is 2. The minimum Gasteiger partial charge on any atom is -0.461 e. The van der Waals surface area contributed by atoms with Crippen LogP contribution in [0.3, 0.4) is 0 Å². The maximum absolute atomic E-state index is 12.5. The van der Waals surface area contributed by atoms with Crippen LogP contribution in [-0.2, 0) is 9.53 Å². The Balaban J connectivity index is 1.66. The van der Waals surface area contributed by atoms with Gasteiger partial charge in [-0.25, -0.2) is 0 Å². The molecule has 4 rings (SSSR count). The van der Waals surface area contributed by atoms with Gasteiger partial charge in [0.15, 0.2) is 6.10 Å². The van der Waals surface area contributed by atoms with Crippen molar-refractivity contribution in [1.29, 1.82) is 0 Å². The Kier molecular flexibility index (Phi) is 2.65. The molecule has 2 aliphatic heterocycles. The Labute approximate surface area is 126 Å². The van der Waals surface area contributed by atoms with Crippen LogP contribution in [0.5, 0.6) is 0 Å². The lowest BCUT2D eigenvalue weighted by molar-refractivity contribution is -0.121. The van der Waals surface area contributed by atoms with Crippen LogP contribution in [0.1, 0.15) is 11.7 Å². The van der Waals surface area contributed by atoms with Gasteiger partial charge in [-0.1, -0.05) is 35.9 Å². The number of hydrogen-bond donors (Lipinski definition) is 2. The fourth-order valence-electron chi connectivity index (χ4n) is 2.50. The molecule has 0 saturated heterocycles. The molecule has 0 spiro atoms. The molecule has 2 N–H and O–H groups in total. The van der Waals surface area contributed by atoms with Crippen LogP contribution >= 0.6 is 11.6 Å². The van der Waals surface area contributed by atoms with Crippen LogP contribution in [0.25, 0.3) is 0 Å². The van der Waals surface area contributed by atoms with Crippen molar-refractivity contribution in [2.45, 2.75) is 6.10 Å². The first-order valence-corrected chi connectivity index (χ1v) is 6.94. The van der Waals surface area contributed by atoms with Gasteiger partial charge in [0.1, 0.15) is 5.70 Å². The SMILES string of the molecule is O=C1C2=C(Nc3ccccc3N2)O[C@@H]1c1ccc(Cl)cc1. The Morgan fingerprint density at radius 1 is 0.952 bits per heavy atom. The highest BCUT2D eigenvalue weighted by Gasteiger charge is 2.38. The third kappa shape index (κ3) is 1.96. The molecule has 2 aromatic carbocycles. The minimum atomic E-state index is -0.637. The molecule has 21 heavy (non-hydrogen) atoms. The molecule has 0 amide bonds. The van der Waals surface area contributed by atoms with Gasteiger partial charge in [-0.05, 0) is 24.3 Å². The molecule has 0 unspecified atom stereocenters. The maximum atomic E-state index is 12.5. The van der Waals surface area contributed by atoms with E-state index in [0.29, 0.717) is 16.6 Å². The second-order valence-electron chi connectivity index (χ2n) is 4.91. The van der Waals surface area contributed by atoms with Gasteiger partial charge in [0.2, 0.25) is 11.7 Å². The smallest absolute Gasteiger partial charge is 0.229 e. The van der Waals surface area contributed by atoms with Crippen LogP contribution in [0, 0.1) is 0 Å². The van der Waals surface area contributed by atoms with Crippen molar-refractivity contribution >= 4 is 28.8 Å². The van der Waals surface area contributed by atoms with Crippen LogP contribution in [-0.4, -0.2) is 5.78 Å². The molecule has 0 saturated carbocycles. The highest BCUT2D eigenvalue weighted by Crippen LogP contribution is 2.39. The number of benzene rings is 2. The van der Waals surface area contributed by atoms with Gasteiger partial charge in [0, 0.05) is 10.6 Å². The van der Waals surface area contributed by atoms with Crippen LogP contribution in [0.15, 0.2) is 60.1 Å². The summed E-state index contributed by atoms with van der Waals surface area (Å²) in [6.45, 7) is 0.